The van der Waals surface area contributed by atoms with E-state index < -0.39 is 29.6 Å². The number of nitrogens with zero attached hydrogens (tertiary/aromatic N) is 2. The molecule has 1 fully saturated rings. The average molecular weight is 590 g/mol. The summed E-state index contributed by atoms with van der Waals surface area (Å²) >= 11 is 1.35. The standard InChI is InChI=1S/C27H30F2N2O4S.2ClH/c1-35-20-3-4-25-23(15-20)22(6-8-30-25)26(32)5-2-17-7-9-31(16-24(17)27(33)34)10-11-36-21-13-18(28)12-19(29)14-21;;/h3-4,6,8,12-15,17,24,26,32H,2,5,7,9-11,16H2,1H3,(H,33,34);2*1H/t17-,24+,26-;;/m1../s1. The fraction of sp³-hybridized carbons (Fsp3) is 0.407. The normalized spacial score (nSPS) is 18.3. The Morgan fingerprint density at radius 1 is 1.18 bits per heavy atom. The number of carboxylic acids is 1. The maximum absolute atomic E-state index is 13.4. The van der Waals surface area contributed by atoms with Gasteiger partial charge in [0.1, 0.15) is 17.4 Å². The molecule has 2 N–H and O–H groups in total. The molecule has 0 amide bonds. The fourth-order valence-corrected chi connectivity index (χ4v) is 5.87. The van der Waals surface area contributed by atoms with Gasteiger partial charge in [0.05, 0.1) is 24.6 Å². The molecule has 0 unspecified atom stereocenters. The number of fused-ring (bicyclic) bond motifs is 1. The van der Waals surface area contributed by atoms with Gasteiger partial charge in [0.15, 0.2) is 0 Å². The zero-order valence-corrected chi connectivity index (χ0v) is 23.3. The van der Waals surface area contributed by atoms with Crippen molar-refractivity contribution < 1.29 is 28.5 Å². The van der Waals surface area contributed by atoms with Crippen molar-refractivity contribution in [2.45, 2.75) is 30.3 Å². The number of aliphatic hydroxyl groups excluding tert-OH is 1. The van der Waals surface area contributed by atoms with E-state index >= 15 is 0 Å². The molecule has 1 aliphatic heterocycles. The molecule has 4 rings (SSSR count). The Balaban J connectivity index is 0.00000253. The van der Waals surface area contributed by atoms with Crippen molar-refractivity contribution in [2.75, 3.05) is 32.5 Å². The summed E-state index contributed by atoms with van der Waals surface area (Å²) < 4.78 is 32.1. The van der Waals surface area contributed by atoms with Crippen LogP contribution in [0.15, 0.2) is 53.6 Å². The van der Waals surface area contributed by atoms with Gasteiger partial charge in [-0.25, -0.2) is 8.78 Å². The molecule has 208 valence electrons. The summed E-state index contributed by atoms with van der Waals surface area (Å²) in [5.74, 6) is -1.33. The zero-order chi connectivity index (χ0) is 25.7. The number of carbonyl (C=O) groups is 1. The van der Waals surface area contributed by atoms with Crippen LogP contribution >= 0.6 is 36.6 Å². The summed E-state index contributed by atoms with van der Waals surface area (Å²) in [7, 11) is 1.59. The minimum Gasteiger partial charge on any atom is -0.497 e. The van der Waals surface area contributed by atoms with Crippen LogP contribution in [0.1, 0.15) is 30.9 Å². The molecule has 1 aromatic heterocycles. The maximum atomic E-state index is 13.4. The van der Waals surface area contributed by atoms with E-state index in [1.165, 1.54) is 23.9 Å². The van der Waals surface area contributed by atoms with Crippen LogP contribution < -0.4 is 4.74 Å². The summed E-state index contributed by atoms with van der Waals surface area (Å²) in [5, 5.41) is 21.7. The highest BCUT2D eigenvalue weighted by molar-refractivity contribution is 7.99. The van der Waals surface area contributed by atoms with E-state index in [-0.39, 0.29) is 30.7 Å². The lowest BCUT2D eigenvalue weighted by Crippen LogP contribution is -2.44. The number of thioether (sulfide) groups is 1. The molecular formula is C27H32Cl2F2N2O4S. The van der Waals surface area contributed by atoms with Gasteiger partial charge < -0.3 is 19.8 Å². The number of benzene rings is 2. The fourth-order valence-electron chi connectivity index (χ4n) is 4.89. The SMILES string of the molecule is COc1ccc2nccc([C@H](O)CC[C@@H]3CCN(CCSc4cc(F)cc(F)c4)C[C@@H]3C(=O)O)c2c1.Cl.Cl. The summed E-state index contributed by atoms with van der Waals surface area (Å²) in [6.07, 6.45) is 2.69. The molecule has 0 saturated carbocycles. The molecule has 3 atom stereocenters. The first kappa shape index (κ1) is 32.0. The van der Waals surface area contributed by atoms with Gasteiger partial charge in [-0.1, -0.05) is 0 Å². The quantitative estimate of drug-likeness (QED) is 0.281. The Morgan fingerprint density at radius 3 is 2.61 bits per heavy atom. The largest absolute Gasteiger partial charge is 0.497 e. The van der Waals surface area contributed by atoms with Crippen LogP contribution in [0.4, 0.5) is 8.78 Å². The minimum absolute atomic E-state index is 0. The number of ether oxygens (including phenoxy) is 1. The second-order valence-corrected chi connectivity index (χ2v) is 10.3. The van der Waals surface area contributed by atoms with Crippen LogP contribution in [-0.2, 0) is 4.79 Å². The minimum atomic E-state index is -0.835. The molecule has 0 aliphatic carbocycles. The summed E-state index contributed by atoms with van der Waals surface area (Å²) in [4.78, 5) is 19.0. The second kappa shape index (κ2) is 14.8. The molecule has 38 heavy (non-hydrogen) atoms. The van der Waals surface area contributed by atoms with E-state index in [0.29, 0.717) is 48.7 Å². The first-order valence-electron chi connectivity index (χ1n) is 12.0. The van der Waals surface area contributed by atoms with E-state index in [0.717, 1.165) is 29.1 Å². The number of likely N-dealkylation sites (tertiary alicyclic amines) is 1. The Morgan fingerprint density at radius 2 is 1.92 bits per heavy atom. The molecule has 0 spiro atoms. The third-order valence-electron chi connectivity index (χ3n) is 6.82. The van der Waals surface area contributed by atoms with Crippen molar-refractivity contribution in [1.29, 1.82) is 0 Å². The van der Waals surface area contributed by atoms with Gasteiger partial charge in [-0.3, -0.25) is 9.78 Å². The predicted octanol–water partition coefficient (Wildman–Crippen LogP) is 5.99. The number of methoxy groups -OCH3 is 1. The molecule has 1 saturated heterocycles. The molecule has 11 heteroatoms. The van der Waals surface area contributed by atoms with Crippen molar-refractivity contribution in [3.8, 4) is 5.75 Å². The topological polar surface area (TPSA) is 82.9 Å². The molecule has 6 nitrogen and oxygen atoms in total. The number of hydrogen-bond donors (Lipinski definition) is 2. The van der Waals surface area contributed by atoms with Crippen molar-refractivity contribution in [1.82, 2.24) is 9.88 Å². The van der Waals surface area contributed by atoms with Gasteiger partial charge in [0, 0.05) is 41.4 Å². The number of pyridine rings is 1. The predicted molar refractivity (Wildman–Crippen MR) is 150 cm³/mol. The number of rotatable bonds is 10. The number of carboxylic acid groups (broad SMARTS) is 1. The first-order valence-corrected chi connectivity index (χ1v) is 13.0. The summed E-state index contributed by atoms with van der Waals surface area (Å²) in [6.45, 7) is 1.80. The van der Waals surface area contributed by atoms with E-state index in [2.05, 4.69) is 9.88 Å². The van der Waals surface area contributed by atoms with Crippen LogP contribution in [0.5, 0.6) is 5.75 Å². The van der Waals surface area contributed by atoms with Crippen LogP contribution in [0.2, 0.25) is 0 Å². The number of halogens is 4. The Bertz CT molecular complexity index is 1200. The number of aromatic nitrogens is 1. The molecule has 0 radical (unpaired) electrons. The van der Waals surface area contributed by atoms with Gasteiger partial charge >= 0.3 is 5.97 Å². The second-order valence-electron chi connectivity index (χ2n) is 9.12. The lowest BCUT2D eigenvalue weighted by Gasteiger charge is -2.37. The van der Waals surface area contributed by atoms with Gasteiger partial charge in [0.25, 0.3) is 0 Å². The Labute approximate surface area is 237 Å². The highest BCUT2D eigenvalue weighted by atomic mass is 35.5. The van der Waals surface area contributed by atoms with E-state index in [1.54, 1.807) is 19.4 Å². The van der Waals surface area contributed by atoms with Gasteiger partial charge in [0.2, 0.25) is 0 Å². The van der Waals surface area contributed by atoms with Crippen molar-refractivity contribution in [3.05, 3.63) is 65.9 Å². The van der Waals surface area contributed by atoms with E-state index in [1.807, 2.05) is 18.2 Å². The summed E-state index contributed by atoms with van der Waals surface area (Å²) in [6, 6.07) is 10.8. The number of piperidine rings is 1. The average Bonchev–Trinajstić information content (AvgIpc) is 2.86. The van der Waals surface area contributed by atoms with Crippen LogP contribution in [0, 0.1) is 23.5 Å². The van der Waals surface area contributed by atoms with E-state index in [9.17, 15) is 23.8 Å². The monoisotopic (exact) mass is 588 g/mol. The molecule has 2 heterocycles. The molecule has 3 aromatic rings. The molecule has 0 bridgehead atoms. The first-order chi connectivity index (χ1) is 17.3. The van der Waals surface area contributed by atoms with Gasteiger partial charge in [-0.05, 0) is 73.7 Å². The van der Waals surface area contributed by atoms with Crippen LogP contribution in [0.25, 0.3) is 10.9 Å². The van der Waals surface area contributed by atoms with Crippen LogP contribution in [0.3, 0.4) is 0 Å². The highest BCUT2D eigenvalue weighted by Crippen LogP contribution is 2.34. The van der Waals surface area contributed by atoms with E-state index in [4.69, 9.17) is 4.74 Å². The number of hydrogen-bond acceptors (Lipinski definition) is 6. The zero-order valence-electron chi connectivity index (χ0n) is 20.9. The smallest absolute Gasteiger partial charge is 0.308 e. The lowest BCUT2D eigenvalue weighted by molar-refractivity contribution is -0.146. The van der Waals surface area contributed by atoms with Crippen molar-refractivity contribution >= 4 is 53.4 Å². The van der Waals surface area contributed by atoms with Crippen molar-refractivity contribution in [2.24, 2.45) is 11.8 Å². The Hall–Kier alpha value is -2.17. The third-order valence-corrected chi connectivity index (χ3v) is 7.78. The Kier molecular flexibility index (Phi) is 12.5. The van der Waals surface area contributed by atoms with Gasteiger partial charge in [-0.2, -0.15) is 0 Å². The van der Waals surface area contributed by atoms with Crippen molar-refractivity contribution in [3.63, 3.8) is 0 Å². The summed E-state index contributed by atoms with van der Waals surface area (Å²) in [5.41, 5.74) is 1.52. The lowest BCUT2D eigenvalue weighted by atomic mass is 9.81. The highest BCUT2D eigenvalue weighted by Gasteiger charge is 2.34. The molecule has 2 aromatic carbocycles. The third kappa shape index (κ3) is 8.16. The molecule has 1 aliphatic rings. The number of aliphatic carboxylic acids is 1. The maximum Gasteiger partial charge on any atom is 0.308 e. The molecular weight excluding hydrogens is 557 g/mol. The van der Waals surface area contributed by atoms with Crippen LogP contribution in [-0.4, -0.2) is 58.6 Å². The van der Waals surface area contributed by atoms with Gasteiger partial charge in [-0.15, -0.1) is 36.6 Å². The number of aliphatic hydroxyl groups is 1.